The Kier molecular flexibility index (Phi) is 2.60. The van der Waals surface area contributed by atoms with Gasteiger partial charge in [0.1, 0.15) is 11.3 Å². The molecule has 74 valence electrons. The number of anilines is 1. The first-order valence-electron chi connectivity index (χ1n) is 4.19. The Balaban J connectivity index is 2.66. The summed E-state index contributed by atoms with van der Waals surface area (Å²) in [5, 5.41) is 0.569. The number of halogens is 1. The van der Waals surface area contributed by atoms with Gasteiger partial charge in [-0.1, -0.05) is 27.3 Å². The second-order valence-corrected chi connectivity index (χ2v) is 4.71. The zero-order valence-corrected chi connectivity index (χ0v) is 9.98. The second kappa shape index (κ2) is 3.74. The van der Waals surface area contributed by atoms with Crippen LogP contribution in [0.1, 0.15) is 6.92 Å². The third kappa shape index (κ3) is 1.69. The van der Waals surface area contributed by atoms with E-state index in [1.165, 1.54) is 11.3 Å². The minimum atomic E-state index is 0.569. The molecule has 0 atom stereocenters. The van der Waals surface area contributed by atoms with Gasteiger partial charge < -0.3 is 10.5 Å². The van der Waals surface area contributed by atoms with Gasteiger partial charge in [-0.2, -0.15) is 0 Å². The summed E-state index contributed by atoms with van der Waals surface area (Å²) in [5.41, 5.74) is 6.49. The molecule has 0 bridgehead atoms. The first-order valence-corrected chi connectivity index (χ1v) is 5.80. The zero-order valence-electron chi connectivity index (χ0n) is 7.58. The maximum atomic E-state index is 5.64. The Morgan fingerprint density at radius 1 is 1.57 bits per heavy atom. The molecule has 0 radical (unpaired) electrons. The monoisotopic (exact) mass is 272 g/mol. The molecular formula is C9H9BrN2OS. The van der Waals surface area contributed by atoms with Crippen LogP contribution >= 0.6 is 27.3 Å². The number of ether oxygens (including phenoxy) is 1. The van der Waals surface area contributed by atoms with E-state index in [0.717, 1.165) is 20.4 Å². The van der Waals surface area contributed by atoms with Crippen LogP contribution in [0.15, 0.2) is 16.6 Å². The highest BCUT2D eigenvalue weighted by Crippen LogP contribution is 2.34. The molecule has 0 fully saturated rings. The van der Waals surface area contributed by atoms with Crippen LogP contribution in [-0.2, 0) is 0 Å². The number of fused-ring (bicyclic) bond motifs is 1. The van der Waals surface area contributed by atoms with Crippen molar-refractivity contribution >= 4 is 42.6 Å². The molecule has 0 saturated heterocycles. The van der Waals surface area contributed by atoms with Crippen LogP contribution in [0.3, 0.4) is 0 Å². The Morgan fingerprint density at radius 3 is 3.07 bits per heavy atom. The number of benzene rings is 1. The van der Waals surface area contributed by atoms with E-state index in [1.54, 1.807) is 0 Å². The van der Waals surface area contributed by atoms with Crippen molar-refractivity contribution in [3.05, 3.63) is 16.6 Å². The van der Waals surface area contributed by atoms with Crippen molar-refractivity contribution in [2.24, 2.45) is 0 Å². The third-order valence-corrected chi connectivity index (χ3v) is 3.03. The van der Waals surface area contributed by atoms with E-state index in [-0.39, 0.29) is 0 Å². The third-order valence-electron chi connectivity index (χ3n) is 1.74. The molecule has 3 nitrogen and oxygen atoms in total. The van der Waals surface area contributed by atoms with Gasteiger partial charge in [0.25, 0.3) is 0 Å². The van der Waals surface area contributed by atoms with Crippen LogP contribution < -0.4 is 10.5 Å². The number of nitrogens with zero attached hydrogens (tertiary/aromatic N) is 1. The molecule has 2 rings (SSSR count). The van der Waals surface area contributed by atoms with Gasteiger partial charge in [0.15, 0.2) is 5.13 Å². The fraction of sp³-hybridized carbons (Fsp3) is 0.222. The summed E-state index contributed by atoms with van der Waals surface area (Å²) in [7, 11) is 0. The lowest BCUT2D eigenvalue weighted by atomic mass is 10.3. The Bertz CT molecular complexity index is 469. The summed E-state index contributed by atoms with van der Waals surface area (Å²) in [6.07, 6.45) is 0. The number of nitrogen functional groups attached to an aromatic ring is 1. The number of aromatic nitrogens is 1. The average Bonchev–Trinajstić information content (AvgIpc) is 2.45. The largest absolute Gasteiger partial charge is 0.492 e. The summed E-state index contributed by atoms with van der Waals surface area (Å²) in [5.74, 6) is 0.782. The van der Waals surface area contributed by atoms with Crippen molar-refractivity contribution in [3.63, 3.8) is 0 Å². The molecule has 0 aliphatic rings. The van der Waals surface area contributed by atoms with Crippen molar-refractivity contribution in [1.82, 2.24) is 4.98 Å². The van der Waals surface area contributed by atoms with Crippen LogP contribution in [0, 0.1) is 0 Å². The van der Waals surface area contributed by atoms with Crippen molar-refractivity contribution in [1.29, 1.82) is 0 Å². The molecule has 1 heterocycles. The van der Waals surface area contributed by atoms with Crippen molar-refractivity contribution in [2.45, 2.75) is 6.92 Å². The summed E-state index contributed by atoms with van der Waals surface area (Å²) in [6, 6.07) is 3.90. The standard InChI is InChI=1S/C9H9BrN2OS/c1-2-13-6-3-5(10)4-7-8(6)12-9(11)14-7/h3-4H,2H2,1H3,(H2,11,12). The van der Waals surface area contributed by atoms with Gasteiger partial charge in [-0.15, -0.1) is 0 Å². The fourth-order valence-electron chi connectivity index (χ4n) is 1.25. The number of thiazole rings is 1. The molecule has 1 aromatic heterocycles. The molecule has 0 spiro atoms. The van der Waals surface area contributed by atoms with Gasteiger partial charge in [0.05, 0.1) is 11.3 Å². The second-order valence-electron chi connectivity index (χ2n) is 2.74. The normalized spacial score (nSPS) is 10.7. The summed E-state index contributed by atoms with van der Waals surface area (Å²) >= 11 is 4.88. The molecular weight excluding hydrogens is 264 g/mol. The van der Waals surface area contributed by atoms with E-state index in [9.17, 15) is 0 Å². The Hall–Kier alpha value is -0.810. The predicted molar refractivity (Wildman–Crippen MR) is 62.9 cm³/mol. The highest BCUT2D eigenvalue weighted by atomic mass is 79.9. The molecule has 2 N–H and O–H groups in total. The SMILES string of the molecule is CCOc1cc(Br)cc2sc(N)nc12. The minimum absolute atomic E-state index is 0.569. The minimum Gasteiger partial charge on any atom is -0.492 e. The van der Waals surface area contributed by atoms with E-state index in [4.69, 9.17) is 10.5 Å². The van der Waals surface area contributed by atoms with Crippen molar-refractivity contribution < 1.29 is 4.74 Å². The quantitative estimate of drug-likeness (QED) is 0.914. The van der Waals surface area contributed by atoms with E-state index >= 15 is 0 Å². The lowest BCUT2D eigenvalue weighted by molar-refractivity contribution is 0.343. The topological polar surface area (TPSA) is 48.1 Å². The first-order chi connectivity index (χ1) is 6.70. The average molecular weight is 273 g/mol. The van der Waals surface area contributed by atoms with Gasteiger partial charge in [0.2, 0.25) is 0 Å². The van der Waals surface area contributed by atoms with Gasteiger partial charge in [-0.05, 0) is 19.1 Å². The van der Waals surface area contributed by atoms with Gasteiger partial charge >= 0.3 is 0 Å². The summed E-state index contributed by atoms with van der Waals surface area (Å²) in [4.78, 5) is 4.22. The lowest BCUT2D eigenvalue weighted by Gasteiger charge is -2.03. The molecule has 14 heavy (non-hydrogen) atoms. The lowest BCUT2D eigenvalue weighted by Crippen LogP contribution is -1.92. The van der Waals surface area contributed by atoms with Crippen LogP contribution in [-0.4, -0.2) is 11.6 Å². The zero-order chi connectivity index (χ0) is 10.1. The molecule has 0 saturated carbocycles. The molecule has 0 amide bonds. The number of nitrogens with two attached hydrogens (primary N) is 1. The molecule has 0 aliphatic heterocycles. The van der Waals surface area contributed by atoms with E-state index in [0.29, 0.717) is 11.7 Å². The van der Waals surface area contributed by atoms with Crippen molar-refractivity contribution in [3.8, 4) is 5.75 Å². The Morgan fingerprint density at radius 2 is 2.36 bits per heavy atom. The maximum Gasteiger partial charge on any atom is 0.181 e. The molecule has 0 unspecified atom stereocenters. The van der Waals surface area contributed by atoms with Crippen LogP contribution in [0.2, 0.25) is 0 Å². The number of hydrogen-bond acceptors (Lipinski definition) is 4. The maximum absolute atomic E-state index is 5.64. The van der Waals surface area contributed by atoms with Crippen molar-refractivity contribution in [2.75, 3.05) is 12.3 Å². The van der Waals surface area contributed by atoms with Gasteiger partial charge in [-0.3, -0.25) is 0 Å². The number of hydrogen-bond donors (Lipinski definition) is 1. The van der Waals surface area contributed by atoms with E-state index < -0.39 is 0 Å². The molecule has 0 aliphatic carbocycles. The highest BCUT2D eigenvalue weighted by molar-refractivity contribution is 9.10. The van der Waals surface area contributed by atoms with Crippen LogP contribution in [0.4, 0.5) is 5.13 Å². The highest BCUT2D eigenvalue weighted by Gasteiger charge is 2.08. The Labute approximate surface area is 94.0 Å². The summed E-state index contributed by atoms with van der Waals surface area (Å²) < 4.78 is 7.50. The predicted octanol–water partition coefficient (Wildman–Crippen LogP) is 3.04. The van der Waals surface area contributed by atoms with Crippen LogP contribution in [0.25, 0.3) is 10.2 Å². The first kappa shape index (κ1) is 9.73. The van der Waals surface area contributed by atoms with E-state index in [2.05, 4.69) is 20.9 Å². The number of rotatable bonds is 2. The molecule has 1 aromatic carbocycles. The fourth-order valence-corrected chi connectivity index (χ4v) is 2.63. The van der Waals surface area contributed by atoms with Gasteiger partial charge in [0, 0.05) is 4.47 Å². The molecule has 5 heteroatoms. The van der Waals surface area contributed by atoms with Crippen LogP contribution in [0.5, 0.6) is 5.75 Å². The van der Waals surface area contributed by atoms with Gasteiger partial charge in [-0.25, -0.2) is 4.98 Å². The molecule has 2 aromatic rings. The van der Waals surface area contributed by atoms with E-state index in [1.807, 2.05) is 19.1 Å². The smallest absolute Gasteiger partial charge is 0.181 e. The summed E-state index contributed by atoms with van der Waals surface area (Å²) in [6.45, 7) is 2.57.